The van der Waals surface area contributed by atoms with Gasteiger partial charge in [0, 0.05) is 44.2 Å². The molecule has 1 fully saturated rings. The number of rotatable bonds is 6. The molecule has 0 saturated carbocycles. The Kier molecular flexibility index (Phi) is 8.56. The number of hydrogen-bond donors (Lipinski definition) is 1. The Morgan fingerprint density at radius 2 is 1.52 bits per heavy atom. The number of halogens is 1. The monoisotopic (exact) mass is 453 g/mol. The highest BCUT2D eigenvalue weighted by Gasteiger charge is 2.24. The van der Waals surface area contributed by atoms with Gasteiger partial charge in [0.05, 0.1) is 0 Å². The zero-order chi connectivity index (χ0) is 23.2. The number of nitrogens with zero attached hydrogens (tertiary/aromatic N) is 2. The summed E-state index contributed by atoms with van der Waals surface area (Å²) in [6.07, 6.45) is -0.354. The van der Waals surface area contributed by atoms with Crippen LogP contribution in [0.25, 0.3) is 0 Å². The van der Waals surface area contributed by atoms with Crippen molar-refractivity contribution in [3.63, 3.8) is 0 Å². The van der Waals surface area contributed by atoms with Gasteiger partial charge in [0.15, 0.2) is 6.61 Å². The summed E-state index contributed by atoms with van der Waals surface area (Å²) < 4.78 is 10.8. The van der Waals surface area contributed by atoms with E-state index in [-0.39, 0.29) is 31.4 Å². The Morgan fingerprint density at radius 3 is 2.03 bits per heavy atom. The van der Waals surface area contributed by atoms with Crippen molar-refractivity contribution in [2.24, 2.45) is 0 Å². The molecule has 172 valence electrons. The standard InChI is InChI=1S/C22H32ClN3O5/c1-15-12-17(13-16(2)20(15)23)30-14-19(28)26-10-8-25(9-11-26)18(27)6-7-24-21(29)31-22(3,4)5/h12-13H,6-11,14H2,1-5H3,(H,24,29). The van der Waals surface area contributed by atoms with E-state index in [0.29, 0.717) is 37.0 Å². The average Bonchev–Trinajstić information content (AvgIpc) is 2.68. The molecule has 0 aromatic heterocycles. The van der Waals surface area contributed by atoms with E-state index in [0.717, 1.165) is 11.1 Å². The molecule has 1 saturated heterocycles. The van der Waals surface area contributed by atoms with Gasteiger partial charge in [0.1, 0.15) is 11.4 Å². The largest absolute Gasteiger partial charge is 0.484 e. The summed E-state index contributed by atoms with van der Waals surface area (Å²) in [5.74, 6) is 0.425. The minimum atomic E-state index is -0.577. The van der Waals surface area contributed by atoms with Crippen LogP contribution in [-0.4, -0.2) is 72.6 Å². The van der Waals surface area contributed by atoms with Crippen molar-refractivity contribution in [2.75, 3.05) is 39.3 Å². The number of carbonyl (C=O) groups is 3. The first kappa shape index (κ1) is 24.8. The van der Waals surface area contributed by atoms with E-state index in [2.05, 4.69) is 5.32 Å². The molecule has 3 amide bonds. The fraction of sp³-hybridized carbons (Fsp3) is 0.591. The third-order valence-electron chi connectivity index (χ3n) is 4.76. The van der Waals surface area contributed by atoms with E-state index in [4.69, 9.17) is 21.1 Å². The number of alkyl carbamates (subject to hydrolysis) is 1. The van der Waals surface area contributed by atoms with E-state index in [9.17, 15) is 14.4 Å². The summed E-state index contributed by atoms with van der Waals surface area (Å²) in [5, 5.41) is 3.28. The molecule has 1 aromatic rings. The van der Waals surface area contributed by atoms with E-state index < -0.39 is 11.7 Å². The SMILES string of the molecule is Cc1cc(OCC(=O)N2CCN(C(=O)CCNC(=O)OC(C)(C)C)CC2)cc(C)c1Cl. The molecule has 1 aromatic carbocycles. The molecule has 0 atom stereocenters. The minimum Gasteiger partial charge on any atom is -0.484 e. The predicted molar refractivity (Wildman–Crippen MR) is 118 cm³/mol. The quantitative estimate of drug-likeness (QED) is 0.715. The number of piperazine rings is 1. The van der Waals surface area contributed by atoms with Crippen molar-refractivity contribution in [3.05, 3.63) is 28.3 Å². The third-order valence-corrected chi connectivity index (χ3v) is 5.36. The van der Waals surface area contributed by atoms with Gasteiger partial charge in [-0.05, 0) is 57.9 Å². The summed E-state index contributed by atoms with van der Waals surface area (Å²) in [7, 11) is 0. The zero-order valence-electron chi connectivity index (χ0n) is 18.9. The van der Waals surface area contributed by atoms with Gasteiger partial charge >= 0.3 is 6.09 Å². The first-order valence-corrected chi connectivity index (χ1v) is 10.8. The molecular weight excluding hydrogens is 422 g/mol. The van der Waals surface area contributed by atoms with Crippen molar-refractivity contribution >= 4 is 29.5 Å². The van der Waals surface area contributed by atoms with Gasteiger partial charge in [-0.3, -0.25) is 9.59 Å². The predicted octanol–water partition coefficient (Wildman–Crippen LogP) is 2.92. The molecule has 0 aliphatic carbocycles. The van der Waals surface area contributed by atoms with Crippen LogP contribution in [0, 0.1) is 13.8 Å². The maximum atomic E-state index is 12.5. The Bertz CT molecular complexity index is 791. The lowest BCUT2D eigenvalue weighted by Crippen LogP contribution is -2.52. The van der Waals surface area contributed by atoms with Gasteiger partial charge in [-0.25, -0.2) is 4.79 Å². The normalized spacial score (nSPS) is 14.3. The molecule has 31 heavy (non-hydrogen) atoms. The molecule has 0 unspecified atom stereocenters. The smallest absolute Gasteiger partial charge is 0.407 e. The first-order valence-electron chi connectivity index (χ1n) is 10.4. The topological polar surface area (TPSA) is 88.2 Å². The highest BCUT2D eigenvalue weighted by molar-refractivity contribution is 6.32. The molecule has 1 aliphatic heterocycles. The van der Waals surface area contributed by atoms with Crippen LogP contribution in [-0.2, 0) is 14.3 Å². The van der Waals surface area contributed by atoms with Crippen LogP contribution < -0.4 is 10.1 Å². The van der Waals surface area contributed by atoms with E-state index in [1.165, 1.54) is 0 Å². The second kappa shape index (κ2) is 10.7. The maximum absolute atomic E-state index is 12.5. The van der Waals surface area contributed by atoms with Crippen molar-refractivity contribution < 1.29 is 23.9 Å². The van der Waals surface area contributed by atoms with Crippen LogP contribution in [0.3, 0.4) is 0 Å². The number of hydrogen-bond acceptors (Lipinski definition) is 5. The van der Waals surface area contributed by atoms with Gasteiger partial charge < -0.3 is 24.6 Å². The lowest BCUT2D eigenvalue weighted by atomic mass is 10.1. The van der Waals surface area contributed by atoms with Gasteiger partial charge in [-0.2, -0.15) is 0 Å². The molecule has 1 N–H and O–H groups in total. The molecule has 0 spiro atoms. The van der Waals surface area contributed by atoms with Crippen LogP contribution in [0.5, 0.6) is 5.75 Å². The summed E-state index contributed by atoms with van der Waals surface area (Å²) >= 11 is 6.16. The molecule has 0 bridgehead atoms. The number of carbonyl (C=O) groups excluding carboxylic acids is 3. The van der Waals surface area contributed by atoms with E-state index in [1.807, 2.05) is 26.0 Å². The number of amides is 3. The summed E-state index contributed by atoms with van der Waals surface area (Å²) in [6, 6.07) is 3.62. The molecule has 1 aliphatic rings. The van der Waals surface area contributed by atoms with Gasteiger partial charge in [0.25, 0.3) is 5.91 Å². The number of benzene rings is 1. The summed E-state index contributed by atoms with van der Waals surface area (Å²) in [6.45, 7) is 11.1. The van der Waals surface area contributed by atoms with Crippen LogP contribution in [0.1, 0.15) is 38.3 Å². The Labute approximate surface area is 188 Å². The number of aryl methyl sites for hydroxylation is 2. The van der Waals surface area contributed by atoms with Crippen molar-refractivity contribution in [3.8, 4) is 5.75 Å². The lowest BCUT2D eigenvalue weighted by Gasteiger charge is -2.34. The molecule has 1 heterocycles. The van der Waals surface area contributed by atoms with E-state index >= 15 is 0 Å². The molecular formula is C22H32ClN3O5. The van der Waals surface area contributed by atoms with Crippen molar-refractivity contribution in [2.45, 2.75) is 46.6 Å². The van der Waals surface area contributed by atoms with Crippen LogP contribution in [0.2, 0.25) is 5.02 Å². The second-order valence-electron chi connectivity index (χ2n) is 8.60. The highest BCUT2D eigenvalue weighted by atomic mass is 35.5. The number of ether oxygens (including phenoxy) is 2. The molecule has 9 heteroatoms. The Hall–Kier alpha value is -2.48. The summed E-state index contributed by atoms with van der Waals surface area (Å²) in [5.41, 5.74) is 1.22. The Morgan fingerprint density at radius 1 is 1.00 bits per heavy atom. The zero-order valence-corrected chi connectivity index (χ0v) is 19.7. The van der Waals surface area contributed by atoms with Crippen LogP contribution in [0.15, 0.2) is 12.1 Å². The molecule has 0 radical (unpaired) electrons. The molecule has 2 rings (SSSR count). The second-order valence-corrected chi connectivity index (χ2v) is 8.98. The van der Waals surface area contributed by atoms with Gasteiger partial charge in [0.2, 0.25) is 5.91 Å². The fourth-order valence-electron chi connectivity index (χ4n) is 3.17. The number of nitrogens with one attached hydrogen (secondary N) is 1. The average molecular weight is 454 g/mol. The molecule has 8 nitrogen and oxygen atoms in total. The van der Waals surface area contributed by atoms with Gasteiger partial charge in [-0.15, -0.1) is 0 Å². The Balaban J connectivity index is 1.71. The van der Waals surface area contributed by atoms with Crippen LogP contribution >= 0.6 is 11.6 Å². The highest BCUT2D eigenvalue weighted by Crippen LogP contribution is 2.25. The van der Waals surface area contributed by atoms with Gasteiger partial charge in [-0.1, -0.05) is 11.6 Å². The van der Waals surface area contributed by atoms with Crippen molar-refractivity contribution in [1.29, 1.82) is 0 Å². The maximum Gasteiger partial charge on any atom is 0.407 e. The van der Waals surface area contributed by atoms with E-state index in [1.54, 1.807) is 30.6 Å². The summed E-state index contributed by atoms with van der Waals surface area (Å²) in [4.78, 5) is 39.8. The lowest BCUT2D eigenvalue weighted by molar-refractivity contribution is -0.140. The first-order chi connectivity index (χ1) is 14.5. The van der Waals surface area contributed by atoms with Crippen molar-refractivity contribution in [1.82, 2.24) is 15.1 Å². The minimum absolute atomic E-state index is 0.0612. The van der Waals surface area contributed by atoms with Crippen LogP contribution in [0.4, 0.5) is 4.79 Å². The third kappa shape index (κ3) is 7.94. The fourth-order valence-corrected chi connectivity index (χ4v) is 3.28.